The maximum Gasteiger partial charge on any atom is 0.277 e. The van der Waals surface area contributed by atoms with Crippen LogP contribution in [0.4, 0.5) is 4.39 Å². The molecule has 0 aromatic heterocycles. The Morgan fingerprint density at radius 3 is 2.30 bits per heavy atom. The number of rotatable bonds is 8. The molecule has 3 rings (SSSR count). The summed E-state index contributed by atoms with van der Waals surface area (Å²) in [6.45, 7) is 5.58. The predicted octanol–water partition coefficient (Wildman–Crippen LogP) is -0.215. The first-order valence-electron chi connectivity index (χ1n) is 10.3. The van der Waals surface area contributed by atoms with Crippen LogP contribution in [0.5, 0.6) is 11.5 Å². The van der Waals surface area contributed by atoms with Crippen LogP contribution in [0, 0.1) is 5.82 Å². The van der Waals surface area contributed by atoms with Gasteiger partial charge in [0.05, 0.1) is 19.8 Å². The number of likely N-dealkylation sites (N-methyl/N-ethyl adjacent to an activating group) is 1. The average molecular weight is 418 g/mol. The highest BCUT2D eigenvalue weighted by Gasteiger charge is 2.26. The summed E-state index contributed by atoms with van der Waals surface area (Å²) in [4.78, 5) is 17.1. The number of nitrogens with zero attached hydrogens (tertiary/aromatic N) is 1. The van der Waals surface area contributed by atoms with Gasteiger partial charge < -0.3 is 24.2 Å². The van der Waals surface area contributed by atoms with Crippen molar-refractivity contribution >= 4 is 5.91 Å². The van der Waals surface area contributed by atoms with E-state index in [1.165, 1.54) is 15.9 Å². The molecule has 6 nitrogen and oxygen atoms in total. The number of ether oxygens (including phenoxy) is 2. The number of quaternary nitrogens is 2. The van der Waals surface area contributed by atoms with Crippen molar-refractivity contribution in [3.05, 3.63) is 59.4 Å². The Bertz CT molecular complexity index is 836. The SMILES string of the molecule is COc1ccc(CN(C)C(=O)C[NH+]2CC[NH+](Cc3cc(F)ccc3OC)CC2)cc1. The van der Waals surface area contributed by atoms with E-state index >= 15 is 0 Å². The van der Waals surface area contributed by atoms with Crippen molar-refractivity contribution < 1.29 is 28.5 Å². The molecule has 0 aliphatic carbocycles. The summed E-state index contributed by atoms with van der Waals surface area (Å²) in [5.41, 5.74) is 1.98. The first kappa shape index (κ1) is 22.1. The van der Waals surface area contributed by atoms with Crippen LogP contribution in [0.25, 0.3) is 0 Å². The third-order valence-electron chi connectivity index (χ3n) is 5.75. The summed E-state index contributed by atoms with van der Waals surface area (Å²) < 4.78 is 24.1. The summed E-state index contributed by atoms with van der Waals surface area (Å²) in [5, 5.41) is 0. The number of halogens is 1. The number of carbonyl (C=O) groups excluding carboxylic acids is 1. The number of amides is 1. The predicted molar refractivity (Wildman–Crippen MR) is 112 cm³/mol. The molecule has 0 atom stereocenters. The van der Waals surface area contributed by atoms with E-state index in [1.54, 1.807) is 31.3 Å². The van der Waals surface area contributed by atoms with Gasteiger partial charge in [-0.15, -0.1) is 0 Å². The van der Waals surface area contributed by atoms with E-state index in [0.29, 0.717) is 13.1 Å². The quantitative estimate of drug-likeness (QED) is 0.625. The molecule has 1 heterocycles. The first-order chi connectivity index (χ1) is 14.5. The van der Waals surface area contributed by atoms with Gasteiger partial charge in [-0.05, 0) is 35.9 Å². The molecular weight excluding hydrogens is 385 g/mol. The van der Waals surface area contributed by atoms with Crippen LogP contribution in [0.2, 0.25) is 0 Å². The van der Waals surface area contributed by atoms with Crippen LogP contribution in [0.1, 0.15) is 11.1 Å². The Morgan fingerprint density at radius 2 is 1.67 bits per heavy atom. The number of nitrogens with one attached hydrogen (secondary N) is 2. The lowest BCUT2D eigenvalue weighted by Crippen LogP contribution is -3.28. The van der Waals surface area contributed by atoms with Gasteiger partial charge in [0.1, 0.15) is 50.0 Å². The summed E-state index contributed by atoms with van der Waals surface area (Å²) in [5.74, 6) is 1.46. The molecule has 0 saturated carbocycles. The van der Waals surface area contributed by atoms with Crippen molar-refractivity contribution in [1.29, 1.82) is 0 Å². The number of piperazine rings is 1. The third-order valence-corrected chi connectivity index (χ3v) is 5.75. The highest BCUT2D eigenvalue weighted by atomic mass is 19.1. The van der Waals surface area contributed by atoms with Gasteiger partial charge in [-0.1, -0.05) is 12.1 Å². The minimum atomic E-state index is -0.236. The lowest BCUT2D eigenvalue weighted by Gasteiger charge is -2.30. The van der Waals surface area contributed by atoms with Gasteiger partial charge >= 0.3 is 0 Å². The fraction of sp³-hybridized carbons (Fsp3) is 0.435. The normalized spacial score (nSPS) is 18.7. The number of methoxy groups -OCH3 is 2. The van der Waals surface area contributed by atoms with Crippen molar-refractivity contribution in [3.63, 3.8) is 0 Å². The molecule has 1 aliphatic heterocycles. The molecule has 0 spiro atoms. The van der Waals surface area contributed by atoms with Crippen LogP contribution in [-0.2, 0) is 17.9 Å². The van der Waals surface area contributed by atoms with E-state index < -0.39 is 0 Å². The molecule has 7 heteroatoms. The Balaban J connectivity index is 1.45. The summed E-state index contributed by atoms with van der Waals surface area (Å²) in [6.07, 6.45) is 0. The van der Waals surface area contributed by atoms with Gasteiger partial charge in [-0.2, -0.15) is 0 Å². The maximum atomic E-state index is 13.6. The van der Waals surface area contributed by atoms with Gasteiger partial charge in [0.2, 0.25) is 0 Å². The monoisotopic (exact) mass is 417 g/mol. The number of benzene rings is 2. The number of carbonyl (C=O) groups is 1. The molecule has 2 aromatic rings. The Hall–Kier alpha value is -2.64. The zero-order chi connectivity index (χ0) is 21.5. The molecule has 2 aromatic carbocycles. The van der Waals surface area contributed by atoms with Gasteiger partial charge in [-0.25, -0.2) is 4.39 Å². The second-order valence-corrected chi connectivity index (χ2v) is 7.91. The van der Waals surface area contributed by atoms with Crippen molar-refractivity contribution in [2.24, 2.45) is 0 Å². The molecule has 2 N–H and O–H groups in total. The van der Waals surface area contributed by atoms with Crippen LogP contribution >= 0.6 is 0 Å². The van der Waals surface area contributed by atoms with Crippen LogP contribution in [-0.4, -0.2) is 64.8 Å². The van der Waals surface area contributed by atoms with Crippen LogP contribution in [0.3, 0.4) is 0 Å². The number of hydrogen-bond donors (Lipinski definition) is 2. The molecule has 0 bridgehead atoms. The molecule has 0 unspecified atom stereocenters. The maximum absolute atomic E-state index is 13.6. The van der Waals surface area contributed by atoms with Gasteiger partial charge in [0, 0.05) is 13.6 Å². The molecule has 1 aliphatic rings. The second-order valence-electron chi connectivity index (χ2n) is 7.91. The van der Waals surface area contributed by atoms with E-state index in [0.717, 1.165) is 55.3 Å². The first-order valence-corrected chi connectivity index (χ1v) is 10.3. The fourth-order valence-electron chi connectivity index (χ4n) is 3.91. The van der Waals surface area contributed by atoms with E-state index in [2.05, 4.69) is 0 Å². The number of hydrogen-bond acceptors (Lipinski definition) is 3. The van der Waals surface area contributed by atoms with E-state index in [4.69, 9.17) is 9.47 Å². The minimum Gasteiger partial charge on any atom is -0.497 e. The molecule has 1 saturated heterocycles. The zero-order valence-corrected chi connectivity index (χ0v) is 18.0. The molecular formula is C23H32FN3O3+2. The highest BCUT2D eigenvalue weighted by Crippen LogP contribution is 2.18. The average Bonchev–Trinajstić information content (AvgIpc) is 2.76. The lowest BCUT2D eigenvalue weighted by atomic mass is 10.1. The second kappa shape index (κ2) is 10.4. The van der Waals surface area contributed by atoms with Crippen molar-refractivity contribution in [3.8, 4) is 11.5 Å². The lowest BCUT2D eigenvalue weighted by molar-refractivity contribution is -1.02. The minimum absolute atomic E-state index is 0.149. The van der Waals surface area contributed by atoms with Crippen LogP contribution in [0.15, 0.2) is 42.5 Å². The fourth-order valence-corrected chi connectivity index (χ4v) is 3.91. The van der Waals surface area contributed by atoms with E-state index in [9.17, 15) is 9.18 Å². The van der Waals surface area contributed by atoms with Crippen molar-refractivity contribution in [1.82, 2.24) is 4.90 Å². The zero-order valence-electron chi connectivity index (χ0n) is 18.0. The summed E-state index contributed by atoms with van der Waals surface area (Å²) >= 11 is 0. The summed E-state index contributed by atoms with van der Waals surface area (Å²) in [6, 6.07) is 12.5. The third kappa shape index (κ3) is 5.93. The van der Waals surface area contributed by atoms with Gasteiger partial charge in [-0.3, -0.25) is 4.79 Å². The smallest absolute Gasteiger partial charge is 0.277 e. The molecule has 30 heavy (non-hydrogen) atoms. The Labute approximate surface area is 177 Å². The van der Waals surface area contributed by atoms with Crippen LogP contribution < -0.4 is 19.3 Å². The van der Waals surface area contributed by atoms with Gasteiger partial charge in [0.25, 0.3) is 5.91 Å². The Kier molecular flexibility index (Phi) is 7.65. The Morgan fingerprint density at radius 1 is 1.00 bits per heavy atom. The molecule has 1 amide bonds. The standard InChI is InChI=1S/C23H30FN3O3/c1-25(15-18-4-7-21(29-2)8-5-18)23(28)17-27-12-10-26(11-13-27)16-19-14-20(24)6-9-22(19)30-3/h4-9,14H,10-13,15-17H2,1-3H3/p+2. The molecule has 162 valence electrons. The van der Waals surface area contributed by atoms with E-state index in [1.807, 2.05) is 31.3 Å². The van der Waals surface area contributed by atoms with E-state index in [-0.39, 0.29) is 11.7 Å². The summed E-state index contributed by atoms with van der Waals surface area (Å²) in [7, 11) is 5.11. The topological polar surface area (TPSA) is 47.6 Å². The largest absolute Gasteiger partial charge is 0.497 e. The molecule has 1 fully saturated rings. The molecule has 0 radical (unpaired) electrons. The van der Waals surface area contributed by atoms with Crippen molar-refractivity contribution in [2.45, 2.75) is 13.1 Å². The van der Waals surface area contributed by atoms with Crippen molar-refractivity contribution in [2.75, 3.05) is 54.0 Å². The van der Waals surface area contributed by atoms with Gasteiger partial charge in [0.15, 0.2) is 6.54 Å². The highest BCUT2D eigenvalue weighted by molar-refractivity contribution is 5.76.